The van der Waals surface area contributed by atoms with Gasteiger partial charge in [0.1, 0.15) is 17.4 Å². The average molecular weight is 625 g/mol. The van der Waals surface area contributed by atoms with E-state index in [1.54, 1.807) is 47.1 Å². The first-order valence-corrected chi connectivity index (χ1v) is 15.2. The second kappa shape index (κ2) is 12.1. The zero-order valence-corrected chi connectivity index (χ0v) is 24.4. The third-order valence-corrected chi connectivity index (χ3v) is 8.76. The molecular weight excluding hydrogens is 598 g/mol. The Labute approximate surface area is 251 Å². The quantitative estimate of drug-likeness (QED) is 0.154. The molecule has 3 aromatic carbocycles. The molecule has 9 nitrogen and oxygen atoms in total. The number of benzene rings is 3. The Morgan fingerprint density at radius 2 is 1.91 bits per heavy atom. The number of hydrogen-bond donors (Lipinski definition) is 2. The molecule has 13 heteroatoms. The van der Waals surface area contributed by atoms with Gasteiger partial charge < -0.3 is 15.3 Å². The highest BCUT2D eigenvalue weighted by molar-refractivity contribution is 7.82. The molecule has 222 valence electrons. The fraction of sp³-hybridized carbons (Fsp3) is 0.167. The van der Waals surface area contributed by atoms with Crippen LogP contribution in [0.25, 0.3) is 27.5 Å². The van der Waals surface area contributed by atoms with Crippen molar-refractivity contribution in [3.05, 3.63) is 100 Å². The van der Waals surface area contributed by atoms with E-state index in [0.29, 0.717) is 38.8 Å². The standard InChI is InChI=1S/C30H24F2N4O4S2.H2O/c1-40-20-4-2-3-17(11-20)22-13-19(8-10-24(22)31)27-23(12-18-7-9-21(42(33)39)14-25(18)32)28(16-5-6-16)36(35-27)30-34-26(15-41-30)29(37)38;/h2-4,7-11,13-16H,5-6,12H2,1H3,(H2,33,39)(H,37,38);1H2. The van der Waals surface area contributed by atoms with Crippen LogP contribution in [0.2, 0.25) is 0 Å². The monoisotopic (exact) mass is 624 g/mol. The van der Waals surface area contributed by atoms with Crippen molar-refractivity contribution < 1.29 is 33.1 Å². The number of nitrogens with two attached hydrogens (primary N) is 1. The normalized spacial score (nSPS) is 13.4. The van der Waals surface area contributed by atoms with E-state index in [9.17, 15) is 14.1 Å². The van der Waals surface area contributed by atoms with Gasteiger partial charge in [-0.2, -0.15) is 5.10 Å². The van der Waals surface area contributed by atoms with Crippen molar-refractivity contribution in [2.45, 2.75) is 30.1 Å². The SMILES string of the molecule is COc1cccc(-c2cc(-c3nn(-c4nc(C(=O)O)cs4)c(C4CC4)c3Cc3ccc([SH+](N)=O)cc3F)ccc2F)c1.[OH-]. The maximum Gasteiger partial charge on any atom is 0.355 e. The highest BCUT2D eigenvalue weighted by Crippen LogP contribution is 2.46. The van der Waals surface area contributed by atoms with Crippen LogP contribution in [0.4, 0.5) is 8.78 Å². The lowest BCUT2D eigenvalue weighted by atomic mass is 9.95. The van der Waals surface area contributed by atoms with Gasteiger partial charge in [-0.3, -0.25) is 0 Å². The first-order chi connectivity index (χ1) is 20.2. The lowest BCUT2D eigenvalue weighted by molar-refractivity contribution is 0.0691. The summed E-state index contributed by atoms with van der Waals surface area (Å²) in [6, 6.07) is 16.0. The number of methoxy groups -OCH3 is 1. The van der Waals surface area contributed by atoms with Gasteiger partial charge >= 0.3 is 5.97 Å². The van der Waals surface area contributed by atoms with Crippen LogP contribution >= 0.6 is 11.3 Å². The number of carboxylic acids is 1. The number of carbonyl (C=O) groups is 1. The molecule has 0 radical (unpaired) electrons. The summed E-state index contributed by atoms with van der Waals surface area (Å²) in [7, 11) is -0.662. The van der Waals surface area contributed by atoms with E-state index in [-0.39, 0.29) is 28.4 Å². The van der Waals surface area contributed by atoms with Crippen LogP contribution in [0.1, 0.15) is 46.1 Å². The molecule has 0 aliphatic heterocycles. The van der Waals surface area contributed by atoms with Crippen LogP contribution in [0.3, 0.4) is 0 Å². The van der Waals surface area contributed by atoms with Gasteiger partial charge in [-0.15, -0.1) is 16.5 Å². The molecule has 6 rings (SSSR count). The number of thiol groups is 1. The number of nitrogens with zero attached hydrogens (tertiary/aromatic N) is 3. The maximum absolute atomic E-state index is 15.3. The molecule has 0 spiro atoms. The highest BCUT2D eigenvalue weighted by Gasteiger charge is 2.34. The summed E-state index contributed by atoms with van der Waals surface area (Å²) in [5.41, 5.74) is 3.82. The summed E-state index contributed by atoms with van der Waals surface area (Å²) in [6.45, 7) is 0. The highest BCUT2D eigenvalue weighted by atomic mass is 32.2. The van der Waals surface area contributed by atoms with Crippen molar-refractivity contribution in [1.82, 2.24) is 14.8 Å². The second-order valence-electron chi connectivity index (χ2n) is 9.92. The minimum absolute atomic E-state index is 0. The number of aromatic nitrogens is 3. The Morgan fingerprint density at radius 3 is 2.56 bits per heavy atom. The lowest BCUT2D eigenvalue weighted by Gasteiger charge is -2.11. The Bertz CT molecular complexity index is 1870. The van der Waals surface area contributed by atoms with Crippen LogP contribution < -0.4 is 9.88 Å². The molecule has 4 N–H and O–H groups in total. The van der Waals surface area contributed by atoms with Gasteiger partial charge in [0.05, 0.1) is 18.5 Å². The number of hydrogen-bond acceptors (Lipinski definition) is 7. The third kappa shape index (κ3) is 5.97. The summed E-state index contributed by atoms with van der Waals surface area (Å²) >= 11 is 1.14. The first-order valence-electron chi connectivity index (χ1n) is 13.0. The summed E-state index contributed by atoms with van der Waals surface area (Å²) < 4.78 is 49.1. The topological polar surface area (TPSA) is 150 Å². The fourth-order valence-corrected chi connectivity index (χ4v) is 6.17. The van der Waals surface area contributed by atoms with Crippen molar-refractivity contribution in [2.75, 3.05) is 7.11 Å². The van der Waals surface area contributed by atoms with Crippen molar-refractivity contribution in [2.24, 2.45) is 5.14 Å². The van der Waals surface area contributed by atoms with E-state index in [1.807, 2.05) is 0 Å². The Kier molecular flexibility index (Phi) is 8.51. The van der Waals surface area contributed by atoms with Gasteiger partial charge in [-0.1, -0.05) is 22.4 Å². The molecule has 43 heavy (non-hydrogen) atoms. The molecule has 0 amide bonds. The molecular formula is C30H26F2N4O5S2. The molecule has 1 fully saturated rings. The minimum atomic E-state index is -2.20. The van der Waals surface area contributed by atoms with Gasteiger partial charge in [-0.05, 0) is 60.4 Å². The van der Waals surface area contributed by atoms with Gasteiger partial charge in [-0.25, -0.2) is 23.2 Å². The van der Waals surface area contributed by atoms with Crippen LogP contribution in [-0.2, 0) is 21.6 Å². The average Bonchev–Trinajstić information content (AvgIpc) is 3.56. The second-order valence-corrected chi connectivity index (χ2v) is 11.9. The number of ether oxygens (including phenoxy) is 1. The van der Waals surface area contributed by atoms with Gasteiger partial charge in [0.15, 0.2) is 21.6 Å². The van der Waals surface area contributed by atoms with Gasteiger partial charge in [0, 0.05) is 40.5 Å². The number of rotatable bonds is 9. The van der Waals surface area contributed by atoms with E-state index >= 15 is 8.78 Å². The maximum atomic E-state index is 15.3. The predicted octanol–water partition coefficient (Wildman–Crippen LogP) is 5.87. The summed E-state index contributed by atoms with van der Waals surface area (Å²) in [4.78, 5) is 16.1. The molecule has 2 aromatic heterocycles. The number of thiazole rings is 1. The Hall–Kier alpha value is -4.30. The molecule has 1 aliphatic carbocycles. The smallest absolute Gasteiger partial charge is 0.355 e. The third-order valence-electron chi connectivity index (χ3n) is 7.16. The summed E-state index contributed by atoms with van der Waals surface area (Å²) in [5, 5.41) is 21.6. The molecule has 5 aromatic rings. The zero-order chi connectivity index (χ0) is 29.5. The van der Waals surface area contributed by atoms with Crippen molar-refractivity contribution in [3.8, 4) is 33.3 Å². The van der Waals surface area contributed by atoms with Crippen LogP contribution in [0.15, 0.2) is 70.9 Å². The Balaban J connectivity index is 0.00000368. The van der Waals surface area contributed by atoms with Crippen molar-refractivity contribution in [3.63, 3.8) is 0 Å². The van der Waals surface area contributed by atoms with Gasteiger partial charge in [0.2, 0.25) is 5.13 Å². The Morgan fingerprint density at radius 1 is 1.12 bits per heavy atom. The van der Waals surface area contributed by atoms with Crippen LogP contribution in [0, 0.1) is 11.6 Å². The predicted molar refractivity (Wildman–Crippen MR) is 159 cm³/mol. The molecule has 1 saturated carbocycles. The molecule has 0 bridgehead atoms. The first kappa shape index (κ1) is 30.2. The molecule has 1 aliphatic rings. The van der Waals surface area contributed by atoms with E-state index in [2.05, 4.69) is 4.98 Å². The van der Waals surface area contributed by atoms with Crippen LogP contribution in [-0.4, -0.2) is 38.4 Å². The van der Waals surface area contributed by atoms with E-state index in [0.717, 1.165) is 35.4 Å². The fourth-order valence-electron chi connectivity index (χ4n) is 4.94. The number of aromatic carboxylic acids is 1. The van der Waals surface area contributed by atoms with E-state index < -0.39 is 28.6 Å². The summed E-state index contributed by atoms with van der Waals surface area (Å²) in [5.74, 6) is -1.45. The molecule has 0 saturated heterocycles. The number of halogens is 2. The molecule has 2 heterocycles. The van der Waals surface area contributed by atoms with E-state index in [1.165, 1.54) is 30.7 Å². The van der Waals surface area contributed by atoms with Gasteiger partial charge in [0.25, 0.3) is 0 Å². The minimum Gasteiger partial charge on any atom is -0.870 e. The largest absolute Gasteiger partial charge is 0.870 e. The summed E-state index contributed by atoms with van der Waals surface area (Å²) in [6.07, 6.45) is 1.89. The van der Waals surface area contributed by atoms with Crippen LogP contribution in [0.5, 0.6) is 5.75 Å². The van der Waals surface area contributed by atoms with Crippen molar-refractivity contribution in [1.29, 1.82) is 0 Å². The van der Waals surface area contributed by atoms with Crippen molar-refractivity contribution >= 4 is 28.3 Å². The van der Waals surface area contributed by atoms with E-state index in [4.69, 9.17) is 15.0 Å². The lowest BCUT2D eigenvalue weighted by Crippen LogP contribution is -2.05. The zero-order valence-electron chi connectivity index (χ0n) is 22.7. The molecule has 1 unspecified atom stereocenters. The number of carboxylic acid groups (broad SMARTS) is 1. The molecule has 1 atom stereocenters.